The molecular weight excluding hydrogens is 283 g/mol. The van der Waals surface area contributed by atoms with Crippen LogP contribution in [0.5, 0.6) is 0 Å². The van der Waals surface area contributed by atoms with Crippen LogP contribution in [0, 0.1) is 5.82 Å². The van der Waals surface area contributed by atoms with Crippen LogP contribution >= 0.6 is 15.9 Å². The summed E-state index contributed by atoms with van der Waals surface area (Å²) in [7, 11) is 0. The molecule has 0 amide bonds. The Hall–Kier alpha value is -0.450. The molecule has 0 radical (unpaired) electrons. The molecule has 1 aromatic carbocycles. The van der Waals surface area contributed by atoms with Gasteiger partial charge in [0.15, 0.2) is 0 Å². The quantitative estimate of drug-likeness (QED) is 0.896. The molecule has 94 valence electrons. The largest absolute Gasteiger partial charge is 0.329 e. The lowest BCUT2D eigenvalue weighted by atomic mass is 10.1. The minimum atomic E-state index is -0.225. The number of hydrogen-bond acceptors (Lipinski definition) is 2. The molecule has 0 saturated heterocycles. The molecule has 3 N–H and O–H groups in total. The molecule has 2 rings (SSSR count). The van der Waals surface area contributed by atoms with Crippen molar-refractivity contribution in [3.05, 3.63) is 34.1 Å². The third-order valence-corrected chi connectivity index (χ3v) is 4.05. The van der Waals surface area contributed by atoms with E-state index >= 15 is 0 Å². The van der Waals surface area contributed by atoms with Gasteiger partial charge in [-0.3, -0.25) is 0 Å². The minimum Gasteiger partial charge on any atom is -0.329 e. The average Bonchev–Trinajstić information content (AvgIpc) is 2.79. The van der Waals surface area contributed by atoms with E-state index in [-0.39, 0.29) is 11.9 Å². The Balaban J connectivity index is 2.10. The molecule has 1 saturated carbocycles. The lowest BCUT2D eigenvalue weighted by Gasteiger charge is -2.23. The van der Waals surface area contributed by atoms with Gasteiger partial charge in [0.2, 0.25) is 0 Å². The van der Waals surface area contributed by atoms with Gasteiger partial charge in [0.05, 0.1) is 0 Å². The lowest BCUT2D eigenvalue weighted by molar-refractivity contribution is 0.443. The molecule has 1 aliphatic carbocycles. The number of hydrogen-bond donors (Lipinski definition) is 2. The maximum absolute atomic E-state index is 13.0. The van der Waals surface area contributed by atoms with Crippen molar-refractivity contribution in [2.24, 2.45) is 5.73 Å². The van der Waals surface area contributed by atoms with Crippen molar-refractivity contribution in [1.82, 2.24) is 5.32 Å². The maximum Gasteiger partial charge on any atom is 0.124 e. The number of nitrogens with two attached hydrogens (primary N) is 1. The summed E-state index contributed by atoms with van der Waals surface area (Å²) < 4.78 is 13.8. The summed E-state index contributed by atoms with van der Waals surface area (Å²) >= 11 is 3.40. The Labute approximate surface area is 110 Å². The van der Waals surface area contributed by atoms with Crippen molar-refractivity contribution in [3.63, 3.8) is 0 Å². The summed E-state index contributed by atoms with van der Waals surface area (Å²) in [6, 6.07) is 5.44. The highest BCUT2D eigenvalue weighted by Crippen LogP contribution is 2.26. The molecule has 0 heterocycles. The molecule has 0 spiro atoms. The predicted octanol–water partition coefficient (Wildman–Crippen LogP) is 3.12. The van der Waals surface area contributed by atoms with Crippen molar-refractivity contribution < 1.29 is 4.39 Å². The van der Waals surface area contributed by atoms with Crippen molar-refractivity contribution in [1.29, 1.82) is 0 Å². The van der Waals surface area contributed by atoms with E-state index in [1.54, 1.807) is 6.07 Å². The van der Waals surface area contributed by atoms with E-state index in [0.29, 0.717) is 12.6 Å². The standard InChI is InChI=1S/C13H18BrFN2/c14-12-7-9(15)5-6-11(12)13(8-16)17-10-3-1-2-4-10/h5-7,10,13,17H,1-4,8,16H2. The third-order valence-electron chi connectivity index (χ3n) is 3.37. The van der Waals surface area contributed by atoms with Crippen LogP contribution in [-0.2, 0) is 0 Å². The molecule has 1 aliphatic rings. The summed E-state index contributed by atoms with van der Waals surface area (Å²) in [4.78, 5) is 0. The number of nitrogens with one attached hydrogen (secondary N) is 1. The first-order valence-electron chi connectivity index (χ1n) is 6.12. The Morgan fingerprint density at radius 3 is 2.71 bits per heavy atom. The van der Waals surface area contributed by atoms with Gasteiger partial charge in [-0.2, -0.15) is 0 Å². The SMILES string of the molecule is NCC(NC1CCCC1)c1ccc(F)cc1Br. The lowest BCUT2D eigenvalue weighted by Crippen LogP contribution is -2.35. The molecular formula is C13H18BrFN2. The molecule has 1 fully saturated rings. The van der Waals surface area contributed by atoms with Gasteiger partial charge in [-0.05, 0) is 30.5 Å². The molecule has 4 heteroatoms. The van der Waals surface area contributed by atoms with E-state index in [9.17, 15) is 4.39 Å². The topological polar surface area (TPSA) is 38.0 Å². The molecule has 0 aliphatic heterocycles. The molecule has 1 atom stereocenters. The van der Waals surface area contributed by atoms with Crippen LogP contribution in [0.4, 0.5) is 4.39 Å². The zero-order chi connectivity index (χ0) is 12.3. The molecule has 0 aromatic heterocycles. The Kier molecular flexibility index (Phi) is 4.54. The molecule has 17 heavy (non-hydrogen) atoms. The zero-order valence-electron chi connectivity index (χ0n) is 9.76. The first-order valence-corrected chi connectivity index (χ1v) is 6.91. The fraction of sp³-hybridized carbons (Fsp3) is 0.538. The van der Waals surface area contributed by atoms with Crippen molar-refractivity contribution in [2.45, 2.75) is 37.8 Å². The van der Waals surface area contributed by atoms with E-state index in [4.69, 9.17) is 5.73 Å². The van der Waals surface area contributed by atoms with Crippen molar-refractivity contribution in [2.75, 3.05) is 6.54 Å². The second-order valence-electron chi connectivity index (χ2n) is 4.60. The predicted molar refractivity (Wildman–Crippen MR) is 71.3 cm³/mol. The van der Waals surface area contributed by atoms with Crippen LogP contribution in [0.25, 0.3) is 0 Å². The van der Waals surface area contributed by atoms with Gasteiger partial charge in [-0.1, -0.05) is 34.8 Å². The summed E-state index contributed by atoms with van der Waals surface area (Å²) in [6.45, 7) is 0.529. The normalized spacial score (nSPS) is 18.5. The Morgan fingerprint density at radius 1 is 1.41 bits per heavy atom. The van der Waals surface area contributed by atoms with Gasteiger partial charge in [0.1, 0.15) is 5.82 Å². The van der Waals surface area contributed by atoms with Gasteiger partial charge >= 0.3 is 0 Å². The van der Waals surface area contributed by atoms with Gasteiger partial charge in [-0.15, -0.1) is 0 Å². The van der Waals surface area contributed by atoms with Crippen LogP contribution in [0.1, 0.15) is 37.3 Å². The van der Waals surface area contributed by atoms with E-state index < -0.39 is 0 Å². The van der Waals surface area contributed by atoms with E-state index in [1.807, 2.05) is 0 Å². The monoisotopic (exact) mass is 300 g/mol. The summed E-state index contributed by atoms with van der Waals surface area (Å²) in [5.74, 6) is -0.225. The smallest absolute Gasteiger partial charge is 0.124 e. The summed E-state index contributed by atoms with van der Waals surface area (Å²) in [6.07, 6.45) is 5.02. The minimum absolute atomic E-state index is 0.105. The fourth-order valence-corrected chi connectivity index (χ4v) is 3.07. The number of rotatable bonds is 4. The highest BCUT2D eigenvalue weighted by molar-refractivity contribution is 9.10. The van der Waals surface area contributed by atoms with Crippen LogP contribution < -0.4 is 11.1 Å². The second-order valence-corrected chi connectivity index (χ2v) is 5.46. The highest BCUT2D eigenvalue weighted by Gasteiger charge is 2.20. The zero-order valence-corrected chi connectivity index (χ0v) is 11.3. The first kappa shape index (κ1) is 13.0. The van der Waals surface area contributed by atoms with E-state index in [1.165, 1.54) is 37.8 Å². The maximum atomic E-state index is 13.0. The van der Waals surface area contributed by atoms with Gasteiger partial charge in [0.25, 0.3) is 0 Å². The molecule has 2 nitrogen and oxygen atoms in total. The van der Waals surface area contributed by atoms with Crippen LogP contribution in [0.3, 0.4) is 0 Å². The molecule has 0 bridgehead atoms. The van der Waals surface area contributed by atoms with Gasteiger partial charge < -0.3 is 11.1 Å². The van der Waals surface area contributed by atoms with Gasteiger partial charge in [0, 0.05) is 23.1 Å². The number of halogens is 2. The van der Waals surface area contributed by atoms with E-state index in [0.717, 1.165) is 10.0 Å². The fourth-order valence-electron chi connectivity index (χ4n) is 2.45. The van der Waals surface area contributed by atoms with Crippen LogP contribution in [0.2, 0.25) is 0 Å². The van der Waals surface area contributed by atoms with Crippen molar-refractivity contribution in [3.8, 4) is 0 Å². The highest BCUT2D eigenvalue weighted by atomic mass is 79.9. The molecule has 1 aromatic rings. The van der Waals surface area contributed by atoms with Crippen molar-refractivity contribution >= 4 is 15.9 Å². The molecule has 1 unspecified atom stereocenters. The van der Waals surface area contributed by atoms with Gasteiger partial charge in [-0.25, -0.2) is 4.39 Å². The van der Waals surface area contributed by atoms with Crippen LogP contribution in [0.15, 0.2) is 22.7 Å². The third kappa shape index (κ3) is 3.27. The Bertz CT molecular complexity index is 378. The summed E-state index contributed by atoms with van der Waals surface area (Å²) in [5.41, 5.74) is 6.86. The van der Waals surface area contributed by atoms with Crippen LogP contribution in [-0.4, -0.2) is 12.6 Å². The second kappa shape index (κ2) is 5.94. The average molecular weight is 301 g/mol. The Morgan fingerprint density at radius 2 is 2.12 bits per heavy atom. The van der Waals surface area contributed by atoms with E-state index in [2.05, 4.69) is 21.2 Å². The number of benzene rings is 1. The first-order chi connectivity index (χ1) is 8.20. The summed E-state index contributed by atoms with van der Waals surface area (Å²) in [5, 5.41) is 3.56.